The van der Waals surface area contributed by atoms with E-state index in [1.165, 1.54) is 6.07 Å². The maximum absolute atomic E-state index is 14.0. The SMILES string of the molecule is Cc1cc(OCn2ccc(C(=O)N3CCN(Cc4c(F)cccc4Cl)CC3)n2)ccc1Cl. The van der Waals surface area contributed by atoms with Crippen LogP contribution >= 0.6 is 23.2 Å². The van der Waals surface area contributed by atoms with Gasteiger partial charge in [0.15, 0.2) is 12.4 Å². The summed E-state index contributed by atoms with van der Waals surface area (Å²) in [6, 6.07) is 11.8. The van der Waals surface area contributed by atoms with Crippen molar-refractivity contribution in [2.45, 2.75) is 20.2 Å². The molecule has 0 bridgehead atoms. The summed E-state index contributed by atoms with van der Waals surface area (Å²) in [6.07, 6.45) is 1.71. The van der Waals surface area contributed by atoms with Gasteiger partial charge in [-0.25, -0.2) is 9.07 Å². The van der Waals surface area contributed by atoms with Crippen LogP contribution in [-0.2, 0) is 13.3 Å². The number of ether oxygens (including phenoxy) is 1. The second-order valence-electron chi connectivity index (χ2n) is 7.69. The Morgan fingerprint density at radius 2 is 1.88 bits per heavy atom. The molecule has 6 nitrogen and oxygen atoms in total. The van der Waals surface area contributed by atoms with Gasteiger partial charge in [0.2, 0.25) is 0 Å². The monoisotopic (exact) mass is 476 g/mol. The Hall–Kier alpha value is -2.61. The van der Waals surface area contributed by atoms with Gasteiger partial charge in [-0.2, -0.15) is 5.10 Å². The topological polar surface area (TPSA) is 50.6 Å². The number of aromatic nitrogens is 2. The number of piperazine rings is 1. The molecule has 4 rings (SSSR count). The van der Waals surface area contributed by atoms with E-state index in [2.05, 4.69) is 10.00 Å². The highest BCUT2D eigenvalue weighted by Gasteiger charge is 2.24. The zero-order valence-electron chi connectivity index (χ0n) is 17.6. The lowest BCUT2D eigenvalue weighted by Gasteiger charge is -2.34. The first-order chi connectivity index (χ1) is 15.4. The summed E-state index contributed by atoms with van der Waals surface area (Å²) < 4.78 is 21.3. The van der Waals surface area contributed by atoms with E-state index in [1.807, 2.05) is 13.0 Å². The van der Waals surface area contributed by atoms with Crippen molar-refractivity contribution in [3.8, 4) is 5.75 Å². The Morgan fingerprint density at radius 1 is 1.09 bits per heavy atom. The molecular weight excluding hydrogens is 454 g/mol. The van der Waals surface area contributed by atoms with Gasteiger partial charge in [0, 0.05) is 54.5 Å². The highest BCUT2D eigenvalue weighted by molar-refractivity contribution is 6.31. The molecule has 0 spiro atoms. The molecule has 9 heteroatoms. The molecule has 1 aliphatic heterocycles. The Bertz CT molecular complexity index is 1090. The highest BCUT2D eigenvalue weighted by atomic mass is 35.5. The third-order valence-corrected chi connectivity index (χ3v) is 6.23. The van der Waals surface area contributed by atoms with E-state index < -0.39 is 0 Å². The lowest BCUT2D eigenvalue weighted by Crippen LogP contribution is -2.48. The molecule has 2 aromatic carbocycles. The van der Waals surface area contributed by atoms with Crippen LogP contribution in [0.15, 0.2) is 48.7 Å². The smallest absolute Gasteiger partial charge is 0.274 e. The van der Waals surface area contributed by atoms with Crippen LogP contribution < -0.4 is 4.74 Å². The summed E-state index contributed by atoms with van der Waals surface area (Å²) >= 11 is 12.2. The second-order valence-corrected chi connectivity index (χ2v) is 8.51. The molecule has 1 amide bonds. The molecule has 1 fully saturated rings. The van der Waals surface area contributed by atoms with Gasteiger partial charge in [0.1, 0.15) is 11.6 Å². The zero-order chi connectivity index (χ0) is 22.7. The van der Waals surface area contributed by atoms with Crippen LogP contribution in [0.3, 0.4) is 0 Å². The first kappa shape index (κ1) is 22.6. The summed E-state index contributed by atoms with van der Waals surface area (Å²) in [5, 5.41) is 5.45. The van der Waals surface area contributed by atoms with E-state index in [4.69, 9.17) is 27.9 Å². The van der Waals surface area contributed by atoms with Crippen LogP contribution in [0.2, 0.25) is 10.0 Å². The zero-order valence-corrected chi connectivity index (χ0v) is 19.1. The van der Waals surface area contributed by atoms with E-state index in [9.17, 15) is 9.18 Å². The molecule has 3 aromatic rings. The van der Waals surface area contributed by atoms with Crippen molar-refractivity contribution in [1.29, 1.82) is 0 Å². The van der Waals surface area contributed by atoms with Gasteiger partial charge in [0.25, 0.3) is 5.91 Å². The Labute approximate surface area is 196 Å². The third kappa shape index (κ3) is 5.23. The summed E-state index contributed by atoms with van der Waals surface area (Å²) in [5.41, 5.74) is 1.78. The first-order valence-corrected chi connectivity index (χ1v) is 11.0. The summed E-state index contributed by atoms with van der Waals surface area (Å²) in [5.74, 6) is 0.244. The second kappa shape index (κ2) is 9.90. The van der Waals surface area contributed by atoms with Crippen molar-refractivity contribution in [3.05, 3.63) is 81.3 Å². The van der Waals surface area contributed by atoms with E-state index in [0.717, 1.165) is 5.56 Å². The lowest BCUT2D eigenvalue weighted by molar-refractivity contribution is 0.0619. The quantitative estimate of drug-likeness (QED) is 0.520. The van der Waals surface area contributed by atoms with Crippen molar-refractivity contribution in [2.24, 2.45) is 0 Å². The number of amides is 1. The molecule has 1 aromatic heterocycles. The highest BCUT2D eigenvalue weighted by Crippen LogP contribution is 2.22. The Balaban J connectivity index is 1.30. The molecule has 0 unspecified atom stereocenters. The van der Waals surface area contributed by atoms with Gasteiger partial charge in [-0.3, -0.25) is 9.69 Å². The number of aryl methyl sites for hydroxylation is 1. The predicted molar refractivity (Wildman–Crippen MR) is 122 cm³/mol. The minimum absolute atomic E-state index is 0.130. The molecule has 1 aliphatic rings. The van der Waals surface area contributed by atoms with Crippen molar-refractivity contribution in [3.63, 3.8) is 0 Å². The van der Waals surface area contributed by atoms with Crippen LogP contribution in [0.5, 0.6) is 5.75 Å². The Morgan fingerprint density at radius 3 is 2.59 bits per heavy atom. The normalized spacial score (nSPS) is 14.6. The first-order valence-electron chi connectivity index (χ1n) is 10.3. The van der Waals surface area contributed by atoms with Crippen LogP contribution in [0.4, 0.5) is 4.39 Å². The van der Waals surface area contributed by atoms with Gasteiger partial charge >= 0.3 is 0 Å². The number of hydrogen-bond acceptors (Lipinski definition) is 4. The number of benzene rings is 2. The lowest BCUT2D eigenvalue weighted by atomic mass is 10.1. The molecule has 2 heterocycles. The van der Waals surface area contributed by atoms with E-state index >= 15 is 0 Å². The largest absolute Gasteiger partial charge is 0.471 e. The van der Waals surface area contributed by atoms with Crippen LogP contribution in [0, 0.1) is 12.7 Å². The number of rotatable bonds is 6. The fourth-order valence-electron chi connectivity index (χ4n) is 3.57. The fourth-order valence-corrected chi connectivity index (χ4v) is 3.91. The Kier molecular flexibility index (Phi) is 6.98. The molecule has 0 radical (unpaired) electrons. The summed E-state index contributed by atoms with van der Waals surface area (Å²) in [7, 11) is 0. The van der Waals surface area contributed by atoms with Crippen molar-refractivity contribution >= 4 is 29.1 Å². The number of carbonyl (C=O) groups excluding carboxylic acids is 1. The maximum Gasteiger partial charge on any atom is 0.274 e. The van der Waals surface area contributed by atoms with Crippen LogP contribution in [-0.4, -0.2) is 51.7 Å². The average molecular weight is 477 g/mol. The molecule has 0 aliphatic carbocycles. The van der Waals surface area contributed by atoms with E-state index in [1.54, 1.807) is 46.1 Å². The molecule has 1 saturated heterocycles. The van der Waals surface area contributed by atoms with E-state index in [-0.39, 0.29) is 18.5 Å². The molecule has 32 heavy (non-hydrogen) atoms. The summed E-state index contributed by atoms with van der Waals surface area (Å²) in [4.78, 5) is 16.7. The number of carbonyl (C=O) groups is 1. The fraction of sp³-hybridized carbons (Fsp3) is 0.304. The number of hydrogen-bond donors (Lipinski definition) is 0. The standard InChI is InChI=1S/C23H23Cl2FN4O2/c1-16-13-17(5-6-19(16)24)32-15-30-8-7-22(27-30)23(31)29-11-9-28(10-12-29)14-18-20(25)3-2-4-21(18)26/h2-8,13H,9-12,14-15H2,1H3. The predicted octanol–water partition coefficient (Wildman–Crippen LogP) is 4.63. The van der Waals surface area contributed by atoms with Crippen molar-refractivity contribution in [2.75, 3.05) is 26.2 Å². The summed E-state index contributed by atoms with van der Waals surface area (Å²) in [6.45, 7) is 4.86. The van der Waals surface area contributed by atoms with Gasteiger partial charge < -0.3 is 9.64 Å². The molecule has 168 valence electrons. The minimum Gasteiger partial charge on any atom is -0.471 e. The molecule has 0 N–H and O–H groups in total. The van der Waals surface area contributed by atoms with Crippen molar-refractivity contribution < 1.29 is 13.9 Å². The van der Waals surface area contributed by atoms with Gasteiger partial charge in [-0.05, 0) is 48.9 Å². The number of halogens is 3. The van der Waals surface area contributed by atoms with E-state index in [0.29, 0.717) is 59.8 Å². The van der Waals surface area contributed by atoms with Gasteiger partial charge in [0.05, 0.1) is 0 Å². The third-order valence-electron chi connectivity index (χ3n) is 5.46. The number of nitrogens with zero attached hydrogens (tertiary/aromatic N) is 4. The maximum atomic E-state index is 14.0. The molecule has 0 saturated carbocycles. The van der Waals surface area contributed by atoms with Gasteiger partial charge in [-0.1, -0.05) is 29.3 Å². The van der Waals surface area contributed by atoms with Gasteiger partial charge in [-0.15, -0.1) is 0 Å². The average Bonchev–Trinajstić information content (AvgIpc) is 3.26. The van der Waals surface area contributed by atoms with Crippen LogP contribution in [0.25, 0.3) is 0 Å². The minimum atomic E-state index is -0.308. The van der Waals surface area contributed by atoms with Crippen molar-refractivity contribution in [1.82, 2.24) is 19.6 Å². The van der Waals surface area contributed by atoms with Crippen LogP contribution in [0.1, 0.15) is 21.6 Å². The molecular formula is C23H23Cl2FN4O2. The molecule has 0 atom stereocenters.